The van der Waals surface area contributed by atoms with Gasteiger partial charge in [0.2, 0.25) is 5.91 Å². The fourth-order valence-corrected chi connectivity index (χ4v) is 2.10. The Morgan fingerprint density at radius 2 is 1.95 bits per heavy atom. The number of nitrogens with one attached hydrogen (secondary N) is 1. The van der Waals surface area contributed by atoms with Crippen LogP contribution in [-0.4, -0.2) is 45.1 Å². The molecule has 0 aliphatic heterocycles. The predicted octanol–water partition coefficient (Wildman–Crippen LogP) is 2.04. The standard InChI is InChI=1S/C16H26N2O2/c1-16(2,13-9-6-7-10-14(13)20-5)15(19)17-11-8-12-18(3)4/h6-7,9-10H,8,11-12H2,1-5H3,(H,17,19). The van der Waals surface area contributed by atoms with Gasteiger partial charge in [-0.05, 0) is 47.0 Å². The zero-order valence-electron chi connectivity index (χ0n) is 13.2. The minimum atomic E-state index is -0.606. The molecule has 1 N–H and O–H groups in total. The number of amides is 1. The van der Waals surface area contributed by atoms with Crippen LogP contribution in [0.2, 0.25) is 0 Å². The van der Waals surface area contributed by atoms with E-state index in [-0.39, 0.29) is 5.91 Å². The second-order valence-electron chi connectivity index (χ2n) is 5.74. The van der Waals surface area contributed by atoms with E-state index in [1.807, 2.05) is 52.2 Å². The second-order valence-corrected chi connectivity index (χ2v) is 5.74. The Morgan fingerprint density at radius 3 is 2.55 bits per heavy atom. The molecule has 0 aliphatic rings. The molecule has 0 spiro atoms. The average molecular weight is 278 g/mol. The summed E-state index contributed by atoms with van der Waals surface area (Å²) in [6, 6.07) is 7.67. The number of hydrogen-bond acceptors (Lipinski definition) is 3. The molecule has 1 rings (SSSR count). The molecule has 0 aliphatic carbocycles. The highest BCUT2D eigenvalue weighted by Crippen LogP contribution is 2.31. The molecule has 112 valence electrons. The van der Waals surface area contributed by atoms with Gasteiger partial charge in [0.15, 0.2) is 0 Å². The minimum Gasteiger partial charge on any atom is -0.496 e. The van der Waals surface area contributed by atoms with Gasteiger partial charge in [0.05, 0.1) is 12.5 Å². The number of rotatable bonds is 7. The molecular formula is C16H26N2O2. The Kier molecular flexibility index (Phi) is 6.02. The lowest BCUT2D eigenvalue weighted by Gasteiger charge is -2.26. The smallest absolute Gasteiger partial charge is 0.230 e. The van der Waals surface area contributed by atoms with E-state index in [0.717, 1.165) is 24.3 Å². The molecule has 0 aromatic heterocycles. The topological polar surface area (TPSA) is 41.6 Å². The summed E-state index contributed by atoms with van der Waals surface area (Å²) in [7, 11) is 5.69. The van der Waals surface area contributed by atoms with Gasteiger partial charge in [0.25, 0.3) is 0 Å². The number of hydrogen-bond donors (Lipinski definition) is 1. The number of nitrogens with zero attached hydrogens (tertiary/aromatic N) is 1. The molecule has 1 aromatic carbocycles. The minimum absolute atomic E-state index is 0.0285. The molecule has 0 fully saturated rings. The van der Waals surface area contributed by atoms with Crippen LogP contribution in [0.4, 0.5) is 0 Å². The van der Waals surface area contributed by atoms with Crippen molar-refractivity contribution in [2.75, 3.05) is 34.3 Å². The lowest BCUT2D eigenvalue weighted by atomic mass is 9.83. The highest BCUT2D eigenvalue weighted by Gasteiger charge is 2.32. The molecule has 0 atom stereocenters. The van der Waals surface area contributed by atoms with Crippen molar-refractivity contribution in [2.24, 2.45) is 0 Å². The summed E-state index contributed by atoms with van der Waals surface area (Å²) < 4.78 is 5.35. The molecule has 4 nitrogen and oxygen atoms in total. The Bertz CT molecular complexity index is 442. The van der Waals surface area contributed by atoms with Crippen molar-refractivity contribution in [1.29, 1.82) is 0 Å². The van der Waals surface area contributed by atoms with Crippen LogP contribution >= 0.6 is 0 Å². The highest BCUT2D eigenvalue weighted by molar-refractivity contribution is 5.88. The molecule has 0 bridgehead atoms. The fraction of sp³-hybridized carbons (Fsp3) is 0.562. The van der Waals surface area contributed by atoms with Crippen molar-refractivity contribution in [3.8, 4) is 5.75 Å². The largest absolute Gasteiger partial charge is 0.496 e. The number of carbonyl (C=O) groups excluding carboxylic acids is 1. The first-order valence-electron chi connectivity index (χ1n) is 6.96. The fourth-order valence-electron chi connectivity index (χ4n) is 2.10. The highest BCUT2D eigenvalue weighted by atomic mass is 16.5. The van der Waals surface area contributed by atoms with Gasteiger partial charge in [-0.15, -0.1) is 0 Å². The van der Waals surface area contributed by atoms with Crippen molar-refractivity contribution < 1.29 is 9.53 Å². The summed E-state index contributed by atoms with van der Waals surface area (Å²) in [6.07, 6.45) is 0.945. The Balaban J connectivity index is 2.69. The van der Waals surface area contributed by atoms with Crippen LogP contribution in [0.3, 0.4) is 0 Å². The third-order valence-corrected chi connectivity index (χ3v) is 3.42. The van der Waals surface area contributed by atoms with Crippen molar-refractivity contribution in [2.45, 2.75) is 25.7 Å². The number of carbonyl (C=O) groups is 1. The Morgan fingerprint density at radius 1 is 1.30 bits per heavy atom. The first-order valence-corrected chi connectivity index (χ1v) is 6.96. The SMILES string of the molecule is COc1ccccc1C(C)(C)C(=O)NCCCN(C)C. The first-order chi connectivity index (χ1) is 9.39. The maximum Gasteiger partial charge on any atom is 0.230 e. The average Bonchev–Trinajstić information content (AvgIpc) is 2.42. The molecule has 0 unspecified atom stereocenters. The number of benzene rings is 1. The van der Waals surface area contributed by atoms with Gasteiger partial charge in [-0.2, -0.15) is 0 Å². The van der Waals surface area contributed by atoms with E-state index in [2.05, 4.69) is 10.2 Å². The number of para-hydroxylation sites is 1. The van der Waals surface area contributed by atoms with E-state index in [4.69, 9.17) is 4.74 Å². The third-order valence-electron chi connectivity index (χ3n) is 3.42. The monoisotopic (exact) mass is 278 g/mol. The second kappa shape index (κ2) is 7.29. The predicted molar refractivity (Wildman–Crippen MR) is 82.2 cm³/mol. The van der Waals surface area contributed by atoms with Gasteiger partial charge < -0.3 is 15.0 Å². The lowest BCUT2D eigenvalue weighted by molar-refractivity contribution is -0.125. The van der Waals surface area contributed by atoms with E-state index >= 15 is 0 Å². The summed E-state index contributed by atoms with van der Waals surface area (Å²) in [5.74, 6) is 0.779. The van der Waals surface area contributed by atoms with Crippen LogP contribution in [0.1, 0.15) is 25.8 Å². The van der Waals surface area contributed by atoms with Gasteiger partial charge in [0.1, 0.15) is 5.75 Å². The maximum atomic E-state index is 12.4. The zero-order chi connectivity index (χ0) is 15.2. The van der Waals surface area contributed by atoms with Crippen LogP contribution in [0.15, 0.2) is 24.3 Å². The summed E-state index contributed by atoms with van der Waals surface area (Å²) >= 11 is 0. The number of ether oxygens (including phenoxy) is 1. The summed E-state index contributed by atoms with van der Waals surface area (Å²) in [5, 5.41) is 3.01. The molecule has 0 saturated carbocycles. The van der Waals surface area contributed by atoms with Gasteiger partial charge in [-0.3, -0.25) is 4.79 Å². The lowest BCUT2D eigenvalue weighted by Crippen LogP contribution is -2.41. The molecule has 20 heavy (non-hydrogen) atoms. The van der Waals surface area contributed by atoms with E-state index < -0.39 is 5.41 Å². The van der Waals surface area contributed by atoms with Crippen LogP contribution in [0.5, 0.6) is 5.75 Å². The maximum absolute atomic E-state index is 12.4. The number of methoxy groups -OCH3 is 1. The summed E-state index contributed by atoms with van der Waals surface area (Å²) in [4.78, 5) is 14.5. The third kappa shape index (κ3) is 4.23. The molecular weight excluding hydrogens is 252 g/mol. The first kappa shape index (κ1) is 16.5. The van der Waals surface area contributed by atoms with Crippen LogP contribution in [0.25, 0.3) is 0 Å². The summed E-state index contributed by atoms with van der Waals surface area (Å²) in [6.45, 7) is 5.50. The molecule has 0 saturated heterocycles. The molecule has 1 aromatic rings. The van der Waals surface area contributed by atoms with E-state index in [1.54, 1.807) is 7.11 Å². The van der Waals surface area contributed by atoms with Gasteiger partial charge in [-0.25, -0.2) is 0 Å². The van der Waals surface area contributed by atoms with Crippen LogP contribution in [-0.2, 0) is 10.2 Å². The summed E-state index contributed by atoms with van der Waals surface area (Å²) in [5.41, 5.74) is 0.303. The molecule has 0 radical (unpaired) electrons. The van der Waals surface area contributed by atoms with E-state index in [9.17, 15) is 4.79 Å². The van der Waals surface area contributed by atoms with Crippen molar-refractivity contribution in [3.05, 3.63) is 29.8 Å². The zero-order valence-corrected chi connectivity index (χ0v) is 13.2. The molecule has 1 amide bonds. The quantitative estimate of drug-likeness (QED) is 0.776. The Hall–Kier alpha value is -1.55. The van der Waals surface area contributed by atoms with E-state index in [1.165, 1.54) is 0 Å². The Labute approximate surface area is 122 Å². The van der Waals surface area contributed by atoms with Crippen LogP contribution in [0, 0.1) is 0 Å². The molecule has 4 heteroatoms. The van der Waals surface area contributed by atoms with Crippen molar-refractivity contribution in [1.82, 2.24) is 10.2 Å². The van der Waals surface area contributed by atoms with Crippen molar-refractivity contribution in [3.63, 3.8) is 0 Å². The van der Waals surface area contributed by atoms with Crippen LogP contribution < -0.4 is 10.1 Å². The molecule has 0 heterocycles. The van der Waals surface area contributed by atoms with Gasteiger partial charge in [0, 0.05) is 12.1 Å². The van der Waals surface area contributed by atoms with Gasteiger partial charge >= 0.3 is 0 Å². The van der Waals surface area contributed by atoms with Gasteiger partial charge in [-0.1, -0.05) is 18.2 Å². The van der Waals surface area contributed by atoms with E-state index in [0.29, 0.717) is 6.54 Å². The van der Waals surface area contributed by atoms with Crippen molar-refractivity contribution >= 4 is 5.91 Å². The normalized spacial score (nSPS) is 11.5.